The van der Waals surface area contributed by atoms with Crippen LogP contribution in [0, 0.1) is 5.92 Å². The Bertz CT molecular complexity index is 341. The molecule has 1 fully saturated rings. The topological polar surface area (TPSA) is 53.7 Å². The predicted molar refractivity (Wildman–Crippen MR) is 51.7 cm³/mol. The lowest BCUT2D eigenvalue weighted by atomic mass is 10.4. The van der Waals surface area contributed by atoms with Crippen molar-refractivity contribution in [1.82, 2.24) is 0 Å². The zero-order valence-electron chi connectivity index (χ0n) is 8.06. The normalized spacial score (nSPS) is 15.5. The molecule has 0 atom stereocenters. The number of rotatable bonds is 4. The van der Waals surface area contributed by atoms with Crippen LogP contribution in [0.3, 0.4) is 0 Å². The molecular formula is C10H13NO3. The minimum absolute atomic E-state index is 0.00245. The van der Waals surface area contributed by atoms with Gasteiger partial charge in [-0.2, -0.15) is 0 Å². The van der Waals surface area contributed by atoms with Crippen LogP contribution >= 0.6 is 0 Å². The number of furan rings is 1. The molecule has 1 N–H and O–H groups in total. The summed E-state index contributed by atoms with van der Waals surface area (Å²) in [5.41, 5.74) is 0. The summed E-state index contributed by atoms with van der Waals surface area (Å²) < 4.78 is 5.16. The van der Waals surface area contributed by atoms with Crippen molar-refractivity contribution in [3.8, 4) is 0 Å². The molecule has 1 aliphatic rings. The van der Waals surface area contributed by atoms with Crippen LogP contribution in [0.2, 0.25) is 0 Å². The molecule has 14 heavy (non-hydrogen) atoms. The molecule has 1 aliphatic carbocycles. The maximum Gasteiger partial charge on any atom is 0.371 e. The number of anilines is 1. The average molecular weight is 195 g/mol. The zero-order chi connectivity index (χ0) is 10.1. The van der Waals surface area contributed by atoms with Gasteiger partial charge >= 0.3 is 5.97 Å². The van der Waals surface area contributed by atoms with Crippen molar-refractivity contribution < 1.29 is 14.3 Å². The summed E-state index contributed by atoms with van der Waals surface area (Å²) in [4.78, 5) is 12.5. The van der Waals surface area contributed by atoms with E-state index in [1.54, 1.807) is 6.07 Å². The first-order valence-electron chi connectivity index (χ1n) is 4.71. The van der Waals surface area contributed by atoms with Crippen LogP contribution < -0.4 is 4.90 Å². The highest BCUT2D eigenvalue weighted by Crippen LogP contribution is 2.31. The number of carboxylic acids is 1. The van der Waals surface area contributed by atoms with Gasteiger partial charge in [-0.25, -0.2) is 4.79 Å². The number of aromatic carboxylic acids is 1. The van der Waals surface area contributed by atoms with Gasteiger partial charge in [0.05, 0.1) is 0 Å². The van der Waals surface area contributed by atoms with Crippen molar-refractivity contribution in [3.05, 3.63) is 17.9 Å². The Kier molecular flexibility index (Phi) is 2.19. The van der Waals surface area contributed by atoms with E-state index in [1.807, 2.05) is 11.9 Å². The lowest BCUT2D eigenvalue weighted by Crippen LogP contribution is -2.19. The molecule has 76 valence electrons. The van der Waals surface area contributed by atoms with Gasteiger partial charge in [0.2, 0.25) is 5.76 Å². The molecule has 0 saturated heterocycles. The van der Waals surface area contributed by atoms with E-state index in [2.05, 4.69) is 0 Å². The lowest BCUT2D eigenvalue weighted by molar-refractivity contribution is 0.0663. The standard InChI is InChI=1S/C10H13NO3/c1-11(6-7-2-3-7)9-5-4-8(14-9)10(12)13/h4-5,7H,2-3,6H2,1H3,(H,12,13). The van der Waals surface area contributed by atoms with Gasteiger partial charge in [0.15, 0.2) is 5.88 Å². The summed E-state index contributed by atoms with van der Waals surface area (Å²) in [7, 11) is 1.92. The van der Waals surface area contributed by atoms with Crippen molar-refractivity contribution in [3.63, 3.8) is 0 Å². The summed E-state index contributed by atoms with van der Waals surface area (Å²) in [6, 6.07) is 3.19. The number of carbonyl (C=O) groups is 1. The Morgan fingerprint density at radius 2 is 2.36 bits per heavy atom. The molecule has 2 rings (SSSR count). The van der Waals surface area contributed by atoms with E-state index in [1.165, 1.54) is 18.9 Å². The largest absolute Gasteiger partial charge is 0.475 e. The van der Waals surface area contributed by atoms with Crippen LogP contribution in [0.4, 0.5) is 5.88 Å². The van der Waals surface area contributed by atoms with E-state index in [0.717, 1.165) is 12.5 Å². The third-order valence-corrected chi connectivity index (χ3v) is 2.41. The fourth-order valence-electron chi connectivity index (χ4n) is 1.43. The molecular weight excluding hydrogens is 182 g/mol. The van der Waals surface area contributed by atoms with Gasteiger partial charge in [-0.15, -0.1) is 0 Å². The Hall–Kier alpha value is -1.45. The Morgan fingerprint density at radius 3 is 2.86 bits per heavy atom. The summed E-state index contributed by atoms with van der Waals surface area (Å²) in [5, 5.41) is 8.66. The predicted octanol–water partition coefficient (Wildman–Crippen LogP) is 1.82. The molecule has 1 aromatic rings. The molecule has 1 aromatic heterocycles. The molecule has 0 aromatic carbocycles. The maximum absolute atomic E-state index is 10.6. The zero-order valence-corrected chi connectivity index (χ0v) is 8.06. The summed E-state index contributed by atoms with van der Waals surface area (Å²) in [6.45, 7) is 0.951. The van der Waals surface area contributed by atoms with Gasteiger partial charge in [0.25, 0.3) is 0 Å². The van der Waals surface area contributed by atoms with Crippen LogP contribution in [-0.4, -0.2) is 24.7 Å². The van der Waals surface area contributed by atoms with Crippen molar-refractivity contribution >= 4 is 11.9 Å². The third kappa shape index (κ3) is 1.89. The molecule has 4 heteroatoms. The second kappa shape index (κ2) is 3.36. The van der Waals surface area contributed by atoms with E-state index in [-0.39, 0.29) is 5.76 Å². The van der Waals surface area contributed by atoms with Gasteiger partial charge in [-0.3, -0.25) is 0 Å². The molecule has 0 spiro atoms. The molecule has 0 amide bonds. The van der Waals surface area contributed by atoms with Gasteiger partial charge in [0, 0.05) is 19.7 Å². The quantitative estimate of drug-likeness (QED) is 0.796. The van der Waals surface area contributed by atoms with E-state index < -0.39 is 5.97 Å². The first-order chi connectivity index (χ1) is 6.66. The highest BCUT2D eigenvalue weighted by atomic mass is 16.4. The van der Waals surface area contributed by atoms with Gasteiger partial charge in [0.1, 0.15) is 0 Å². The van der Waals surface area contributed by atoms with Crippen molar-refractivity contribution in [1.29, 1.82) is 0 Å². The van der Waals surface area contributed by atoms with Gasteiger partial charge in [-0.1, -0.05) is 0 Å². The molecule has 0 aliphatic heterocycles. The first-order valence-corrected chi connectivity index (χ1v) is 4.71. The SMILES string of the molecule is CN(CC1CC1)c1ccc(C(=O)O)o1. The number of nitrogens with zero attached hydrogens (tertiary/aromatic N) is 1. The smallest absolute Gasteiger partial charge is 0.371 e. The summed E-state index contributed by atoms with van der Waals surface area (Å²) >= 11 is 0. The van der Waals surface area contributed by atoms with E-state index in [9.17, 15) is 4.79 Å². The minimum Gasteiger partial charge on any atom is -0.475 e. The fourth-order valence-corrected chi connectivity index (χ4v) is 1.43. The maximum atomic E-state index is 10.6. The second-order valence-electron chi connectivity index (χ2n) is 3.77. The highest BCUT2D eigenvalue weighted by molar-refractivity contribution is 5.84. The van der Waals surface area contributed by atoms with Crippen molar-refractivity contribution in [2.75, 3.05) is 18.5 Å². The molecule has 0 radical (unpaired) electrons. The average Bonchev–Trinajstić information content (AvgIpc) is 2.81. The number of hydrogen-bond acceptors (Lipinski definition) is 3. The lowest BCUT2D eigenvalue weighted by Gasteiger charge is -2.14. The van der Waals surface area contributed by atoms with Crippen LogP contribution in [0.25, 0.3) is 0 Å². The Balaban J connectivity index is 2.03. The minimum atomic E-state index is -1.02. The molecule has 1 saturated carbocycles. The Labute approximate surface area is 82.1 Å². The Morgan fingerprint density at radius 1 is 1.64 bits per heavy atom. The molecule has 4 nitrogen and oxygen atoms in total. The van der Waals surface area contributed by atoms with Gasteiger partial charge < -0.3 is 14.4 Å². The van der Waals surface area contributed by atoms with Crippen LogP contribution in [0.1, 0.15) is 23.4 Å². The number of hydrogen-bond donors (Lipinski definition) is 1. The van der Waals surface area contributed by atoms with E-state index >= 15 is 0 Å². The monoisotopic (exact) mass is 195 g/mol. The summed E-state index contributed by atoms with van der Waals surface area (Å²) in [6.07, 6.45) is 2.55. The van der Waals surface area contributed by atoms with Crippen LogP contribution in [0.5, 0.6) is 0 Å². The highest BCUT2D eigenvalue weighted by Gasteiger charge is 2.24. The fraction of sp³-hybridized carbons (Fsp3) is 0.500. The first kappa shape index (κ1) is 9.12. The molecule has 0 bridgehead atoms. The van der Waals surface area contributed by atoms with Crippen molar-refractivity contribution in [2.45, 2.75) is 12.8 Å². The second-order valence-corrected chi connectivity index (χ2v) is 3.77. The molecule has 0 unspecified atom stereocenters. The third-order valence-electron chi connectivity index (χ3n) is 2.41. The summed E-state index contributed by atoms with van der Waals surface area (Å²) in [5.74, 6) is 0.381. The van der Waals surface area contributed by atoms with E-state index in [4.69, 9.17) is 9.52 Å². The van der Waals surface area contributed by atoms with Crippen LogP contribution in [-0.2, 0) is 0 Å². The van der Waals surface area contributed by atoms with Crippen molar-refractivity contribution in [2.24, 2.45) is 5.92 Å². The van der Waals surface area contributed by atoms with E-state index in [0.29, 0.717) is 5.88 Å². The van der Waals surface area contributed by atoms with Gasteiger partial charge in [-0.05, 0) is 24.8 Å². The number of carboxylic acid groups (broad SMARTS) is 1. The molecule has 1 heterocycles. The van der Waals surface area contributed by atoms with Crippen LogP contribution in [0.15, 0.2) is 16.5 Å².